The van der Waals surface area contributed by atoms with Crippen LogP contribution in [-0.2, 0) is 7.05 Å². The molecule has 1 aromatic carbocycles. The molecule has 1 aliphatic rings. The van der Waals surface area contributed by atoms with Crippen LogP contribution in [0.5, 0.6) is 0 Å². The number of benzene rings is 1. The van der Waals surface area contributed by atoms with E-state index in [2.05, 4.69) is 15.9 Å². The van der Waals surface area contributed by atoms with E-state index in [0.717, 1.165) is 15.9 Å². The lowest BCUT2D eigenvalue weighted by atomic mass is 9.83. The van der Waals surface area contributed by atoms with Crippen LogP contribution in [0.2, 0.25) is 0 Å². The Morgan fingerprint density at radius 3 is 2.44 bits per heavy atom. The van der Waals surface area contributed by atoms with Gasteiger partial charge in [0.25, 0.3) is 5.56 Å². The normalized spacial score (nSPS) is 15.7. The smallest absolute Gasteiger partial charge is 0.284 e. The highest BCUT2D eigenvalue weighted by Crippen LogP contribution is 2.38. The summed E-state index contributed by atoms with van der Waals surface area (Å²) in [6.45, 7) is 0. The third-order valence-electron chi connectivity index (χ3n) is 3.75. The molecule has 2 aromatic rings. The summed E-state index contributed by atoms with van der Waals surface area (Å²) in [6, 6.07) is 9.77. The van der Waals surface area contributed by atoms with Gasteiger partial charge in [0, 0.05) is 13.0 Å². The molecule has 0 unspecified atom stereocenters. The van der Waals surface area contributed by atoms with Crippen molar-refractivity contribution in [2.75, 3.05) is 0 Å². The van der Waals surface area contributed by atoms with Gasteiger partial charge in [-0.3, -0.25) is 9.48 Å². The Kier molecular flexibility index (Phi) is 2.90. The van der Waals surface area contributed by atoms with Gasteiger partial charge in [0.15, 0.2) is 0 Å². The first-order valence-electron chi connectivity index (χ1n) is 6.23. The van der Waals surface area contributed by atoms with Gasteiger partial charge in [0.1, 0.15) is 4.47 Å². The summed E-state index contributed by atoms with van der Waals surface area (Å²) in [5.74, 6) is 0.530. The van der Waals surface area contributed by atoms with Crippen LogP contribution in [0.25, 0.3) is 5.69 Å². The summed E-state index contributed by atoms with van der Waals surface area (Å²) >= 11 is 3.47. The number of aromatic nitrogens is 2. The molecule has 3 rings (SSSR count). The van der Waals surface area contributed by atoms with Crippen LogP contribution in [0.15, 0.2) is 39.6 Å². The third kappa shape index (κ3) is 1.67. The zero-order valence-corrected chi connectivity index (χ0v) is 11.9. The van der Waals surface area contributed by atoms with Crippen LogP contribution in [-0.4, -0.2) is 9.36 Å². The van der Waals surface area contributed by atoms with Gasteiger partial charge < -0.3 is 0 Å². The number of rotatable bonds is 2. The molecule has 94 valence electrons. The maximum absolute atomic E-state index is 12.4. The molecule has 4 heteroatoms. The second kappa shape index (κ2) is 4.43. The van der Waals surface area contributed by atoms with E-state index in [1.54, 1.807) is 4.68 Å². The van der Waals surface area contributed by atoms with Gasteiger partial charge in [-0.25, -0.2) is 4.68 Å². The Bertz CT molecular complexity index is 623. The number of hydrogen-bond acceptors (Lipinski definition) is 1. The Morgan fingerprint density at radius 2 is 1.89 bits per heavy atom. The van der Waals surface area contributed by atoms with Gasteiger partial charge in [-0.2, -0.15) is 0 Å². The highest BCUT2D eigenvalue weighted by atomic mass is 79.9. The van der Waals surface area contributed by atoms with Crippen molar-refractivity contribution in [2.24, 2.45) is 7.05 Å². The van der Waals surface area contributed by atoms with E-state index in [1.807, 2.05) is 42.1 Å². The molecule has 0 saturated heterocycles. The van der Waals surface area contributed by atoms with Crippen LogP contribution in [0.4, 0.5) is 0 Å². The first-order valence-corrected chi connectivity index (χ1v) is 7.02. The predicted molar refractivity (Wildman–Crippen MR) is 75.3 cm³/mol. The minimum absolute atomic E-state index is 0.0330. The minimum atomic E-state index is 0.0330. The number of para-hydroxylation sites is 1. The maximum atomic E-state index is 12.4. The van der Waals surface area contributed by atoms with Crippen molar-refractivity contribution in [2.45, 2.75) is 25.2 Å². The summed E-state index contributed by atoms with van der Waals surface area (Å²) in [5.41, 5.74) is 2.08. The fourth-order valence-corrected chi connectivity index (χ4v) is 3.32. The SMILES string of the molecule is Cn1c(C2CCC2)c(Br)c(=O)n1-c1ccccc1. The molecule has 0 aliphatic heterocycles. The van der Waals surface area contributed by atoms with Crippen LogP contribution in [0.3, 0.4) is 0 Å². The summed E-state index contributed by atoms with van der Waals surface area (Å²) in [7, 11) is 1.97. The van der Waals surface area contributed by atoms with Gasteiger partial charge in [-0.05, 0) is 40.9 Å². The van der Waals surface area contributed by atoms with Crippen LogP contribution < -0.4 is 5.56 Å². The second-order valence-electron chi connectivity index (χ2n) is 4.80. The fourth-order valence-electron chi connectivity index (χ4n) is 2.57. The topological polar surface area (TPSA) is 26.9 Å². The van der Waals surface area contributed by atoms with E-state index in [1.165, 1.54) is 19.3 Å². The van der Waals surface area contributed by atoms with E-state index in [4.69, 9.17) is 0 Å². The Labute approximate surface area is 114 Å². The molecule has 1 aliphatic carbocycles. The average molecular weight is 307 g/mol. The first kappa shape index (κ1) is 11.8. The van der Waals surface area contributed by atoms with Crippen LogP contribution in [0.1, 0.15) is 30.9 Å². The Hall–Kier alpha value is -1.29. The van der Waals surface area contributed by atoms with Crippen molar-refractivity contribution in [1.82, 2.24) is 9.36 Å². The Morgan fingerprint density at radius 1 is 1.22 bits per heavy atom. The van der Waals surface area contributed by atoms with Gasteiger partial charge >= 0.3 is 0 Å². The van der Waals surface area contributed by atoms with Crippen molar-refractivity contribution in [3.05, 3.63) is 50.9 Å². The first-order chi connectivity index (χ1) is 8.70. The van der Waals surface area contributed by atoms with Crippen molar-refractivity contribution < 1.29 is 0 Å². The lowest BCUT2D eigenvalue weighted by Gasteiger charge is -2.26. The second-order valence-corrected chi connectivity index (χ2v) is 5.60. The molecule has 0 radical (unpaired) electrons. The lowest BCUT2D eigenvalue weighted by molar-refractivity contribution is 0.390. The quantitative estimate of drug-likeness (QED) is 0.837. The van der Waals surface area contributed by atoms with E-state index in [9.17, 15) is 4.79 Å². The van der Waals surface area contributed by atoms with Gasteiger partial charge in [-0.15, -0.1) is 0 Å². The average Bonchev–Trinajstić information content (AvgIpc) is 2.53. The molecule has 3 nitrogen and oxygen atoms in total. The van der Waals surface area contributed by atoms with E-state index < -0.39 is 0 Å². The molecule has 1 aromatic heterocycles. The van der Waals surface area contributed by atoms with E-state index in [-0.39, 0.29) is 5.56 Å². The van der Waals surface area contributed by atoms with Crippen molar-refractivity contribution >= 4 is 15.9 Å². The summed E-state index contributed by atoms with van der Waals surface area (Å²) in [4.78, 5) is 12.4. The highest BCUT2D eigenvalue weighted by molar-refractivity contribution is 9.10. The number of hydrogen-bond donors (Lipinski definition) is 0. The molecule has 1 fully saturated rings. The van der Waals surface area contributed by atoms with Crippen LogP contribution in [0, 0.1) is 0 Å². The molecule has 0 amide bonds. The third-order valence-corrected chi connectivity index (χ3v) is 4.49. The summed E-state index contributed by atoms with van der Waals surface area (Å²) in [5, 5.41) is 0. The standard InChI is InChI=1S/C14H15BrN2O/c1-16-13(10-6-5-7-10)12(15)14(18)17(16)11-8-3-2-4-9-11/h2-4,8-10H,5-7H2,1H3. The molecule has 1 saturated carbocycles. The number of nitrogens with zero attached hydrogens (tertiary/aromatic N) is 2. The molecule has 0 spiro atoms. The number of halogens is 1. The molecule has 1 heterocycles. The monoisotopic (exact) mass is 306 g/mol. The summed E-state index contributed by atoms with van der Waals surface area (Å²) in [6.07, 6.45) is 3.64. The van der Waals surface area contributed by atoms with Crippen LogP contribution >= 0.6 is 15.9 Å². The summed E-state index contributed by atoms with van der Waals surface area (Å²) < 4.78 is 4.45. The fraction of sp³-hybridized carbons (Fsp3) is 0.357. The molecule has 0 N–H and O–H groups in total. The largest absolute Gasteiger partial charge is 0.285 e. The van der Waals surface area contributed by atoms with Crippen molar-refractivity contribution in [1.29, 1.82) is 0 Å². The van der Waals surface area contributed by atoms with E-state index >= 15 is 0 Å². The van der Waals surface area contributed by atoms with Gasteiger partial charge in [0.05, 0.1) is 11.4 Å². The van der Waals surface area contributed by atoms with Crippen molar-refractivity contribution in [3.8, 4) is 5.69 Å². The maximum Gasteiger partial charge on any atom is 0.285 e. The zero-order chi connectivity index (χ0) is 12.7. The van der Waals surface area contributed by atoms with Crippen molar-refractivity contribution in [3.63, 3.8) is 0 Å². The zero-order valence-electron chi connectivity index (χ0n) is 10.3. The molecule has 18 heavy (non-hydrogen) atoms. The highest BCUT2D eigenvalue weighted by Gasteiger charge is 2.28. The molecular weight excluding hydrogens is 292 g/mol. The predicted octanol–water partition coefficient (Wildman–Crippen LogP) is 3.21. The Balaban J connectivity index is 2.19. The molecule has 0 bridgehead atoms. The molecular formula is C14H15BrN2O. The molecule has 0 atom stereocenters. The minimum Gasteiger partial charge on any atom is -0.284 e. The van der Waals surface area contributed by atoms with Gasteiger partial charge in [-0.1, -0.05) is 24.6 Å². The van der Waals surface area contributed by atoms with Gasteiger partial charge in [0.2, 0.25) is 0 Å². The lowest BCUT2D eigenvalue weighted by Crippen LogP contribution is -2.20. The van der Waals surface area contributed by atoms with E-state index in [0.29, 0.717) is 5.92 Å².